The molecule has 2 saturated heterocycles. The molecule has 2 aromatic rings. The summed E-state index contributed by atoms with van der Waals surface area (Å²) in [4.78, 5) is 54.0. The third kappa shape index (κ3) is 4.35. The van der Waals surface area contributed by atoms with E-state index in [1.54, 1.807) is 29.2 Å². The first-order valence-corrected chi connectivity index (χ1v) is 12.4. The molecular formula is C28H30N2O5. The van der Waals surface area contributed by atoms with Crippen LogP contribution in [-0.2, 0) is 25.6 Å². The number of imide groups is 1. The Morgan fingerprint density at radius 3 is 2.26 bits per heavy atom. The second-order valence-corrected chi connectivity index (χ2v) is 9.98. The number of rotatable bonds is 5. The molecule has 0 unspecified atom stereocenters. The van der Waals surface area contributed by atoms with Gasteiger partial charge in [-0.15, -0.1) is 0 Å². The van der Waals surface area contributed by atoms with E-state index in [1.807, 2.05) is 24.3 Å². The van der Waals surface area contributed by atoms with Crippen LogP contribution in [0.15, 0.2) is 48.5 Å². The first-order chi connectivity index (χ1) is 16.9. The van der Waals surface area contributed by atoms with Crippen molar-refractivity contribution in [3.63, 3.8) is 0 Å². The summed E-state index contributed by atoms with van der Waals surface area (Å²) in [5.74, 6) is -1.07. The van der Waals surface area contributed by atoms with E-state index in [4.69, 9.17) is 4.74 Å². The van der Waals surface area contributed by atoms with Crippen molar-refractivity contribution in [1.82, 2.24) is 0 Å². The molecular weight excluding hydrogens is 444 g/mol. The van der Waals surface area contributed by atoms with Crippen LogP contribution in [0.25, 0.3) is 0 Å². The van der Waals surface area contributed by atoms with Crippen molar-refractivity contribution in [2.75, 3.05) is 16.3 Å². The van der Waals surface area contributed by atoms with Crippen LogP contribution >= 0.6 is 0 Å². The minimum absolute atomic E-state index is 0.102. The Morgan fingerprint density at radius 1 is 0.914 bits per heavy atom. The molecule has 7 heteroatoms. The third-order valence-corrected chi connectivity index (χ3v) is 7.62. The lowest BCUT2D eigenvalue weighted by Gasteiger charge is -2.25. The van der Waals surface area contributed by atoms with Gasteiger partial charge in [-0.05, 0) is 73.6 Å². The van der Waals surface area contributed by atoms with E-state index in [9.17, 15) is 19.2 Å². The average Bonchev–Trinajstić information content (AvgIpc) is 3.37. The molecule has 5 rings (SSSR count). The quantitative estimate of drug-likeness (QED) is 0.370. The summed E-state index contributed by atoms with van der Waals surface area (Å²) >= 11 is 0. The van der Waals surface area contributed by atoms with Crippen molar-refractivity contribution in [2.45, 2.75) is 46.0 Å². The fourth-order valence-corrected chi connectivity index (χ4v) is 5.53. The van der Waals surface area contributed by atoms with E-state index in [2.05, 4.69) is 13.8 Å². The Bertz CT molecular complexity index is 1160. The largest absolute Gasteiger partial charge is 0.426 e. The molecule has 3 aliphatic rings. The van der Waals surface area contributed by atoms with E-state index in [1.165, 1.54) is 10.5 Å². The molecule has 4 atom stereocenters. The molecule has 1 aliphatic carbocycles. The number of ether oxygens (including phenoxy) is 1. The molecule has 182 valence electrons. The molecule has 0 bridgehead atoms. The molecule has 0 aromatic heterocycles. The summed E-state index contributed by atoms with van der Waals surface area (Å²) in [6, 6.07) is 14.2. The van der Waals surface area contributed by atoms with Crippen LogP contribution in [0.3, 0.4) is 0 Å². The fraction of sp³-hybridized carbons (Fsp3) is 0.429. The number of hydrogen-bond donors (Lipinski definition) is 0. The highest BCUT2D eigenvalue weighted by atomic mass is 16.5. The second kappa shape index (κ2) is 9.29. The van der Waals surface area contributed by atoms with Gasteiger partial charge in [-0.25, -0.2) is 0 Å². The molecule has 0 radical (unpaired) electrons. The first kappa shape index (κ1) is 23.3. The van der Waals surface area contributed by atoms with Crippen LogP contribution < -0.4 is 14.5 Å². The summed E-state index contributed by atoms with van der Waals surface area (Å²) in [5, 5.41) is 0. The van der Waals surface area contributed by atoms with Gasteiger partial charge in [0.25, 0.3) is 0 Å². The number of carbonyl (C=O) groups is 4. The van der Waals surface area contributed by atoms with Crippen LogP contribution in [0.4, 0.5) is 11.4 Å². The molecule has 2 aliphatic heterocycles. The average molecular weight is 475 g/mol. The number of aryl methyl sites for hydroxylation is 1. The zero-order valence-electron chi connectivity index (χ0n) is 20.1. The fourth-order valence-electron chi connectivity index (χ4n) is 5.53. The lowest BCUT2D eigenvalue weighted by molar-refractivity contribution is -0.139. The van der Waals surface area contributed by atoms with Crippen molar-refractivity contribution in [1.29, 1.82) is 0 Å². The van der Waals surface area contributed by atoms with Gasteiger partial charge in [-0.1, -0.05) is 26.0 Å². The molecule has 35 heavy (non-hydrogen) atoms. The number of amides is 3. The van der Waals surface area contributed by atoms with Crippen molar-refractivity contribution in [2.24, 2.45) is 23.7 Å². The van der Waals surface area contributed by atoms with Crippen molar-refractivity contribution in [3.8, 4) is 5.75 Å². The Labute approximate surface area is 205 Å². The number of fused-ring (bicyclic) bond motifs is 1. The summed E-state index contributed by atoms with van der Waals surface area (Å²) in [6.45, 7) is 4.47. The maximum atomic E-state index is 12.9. The minimum Gasteiger partial charge on any atom is -0.426 e. The molecule has 2 aromatic carbocycles. The zero-order valence-corrected chi connectivity index (χ0v) is 20.1. The maximum absolute atomic E-state index is 12.9. The van der Waals surface area contributed by atoms with Crippen LogP contribution in [0, 0.1) is 23.7 Å². The highest BCUT2D eigenvalue weighted by Crippen LogP contribution is 2.42. The van der Waals surface area contributed by atoms with E-state index in [-0.39, 0.29) is 42.5 Å². The second-order valence-electron chi connectivity index (χ2n) is 9.98. The topological polar surface area (TPSA) is 84.0 Å². The van der Waals surface area contributed by atoms with Gasteiger partial charge in [0.2, 0.25) is 17.7 Å². The number of benzene rings is 2. The van der Waals surface area contributed by atoms with Crippen LogP contribution in [0.2, 0.25) is 0 Å². The highest BCUT2D eigenvalue weighted by Gasteiger charge is 2.50. The normalized spacial score (nSPS) is 26.3. The third-order valence-electron chi connectivity index (χ3n) is 7.62. The Kier molecular flexibility index (Phi) is 6.17. The summed E-state index contributed by atoms with van der Waals surface area (Å²) in [7, 11) is 0. The summed E-state index contributed by atoms with van der Waals surface area (Å²) in [6.07, 6.45) is 3.49. The summed E-state index contributed by atoms with van der Waals surface area (Å²) in [5.41, 5.74) is 2.46. The van der Waals surface area contributed by atoms with E-state index in [0.29, 0.717) is 17.4 Å². The van der Waals surface area contributed by atoms with Gasteiger partial charge in [0, 0.05) is 18.7 Å². The van der Waals surface area contributed by atoms with Crippen LogP contribution in [-0.4, -0.2) is 30.2 Å². The van der Waals surface area contributed by atoms with Crippen LogP contribution in [0.1, 0.15) is 45.1 Å². The standard InChI is InChI=1S/C28H30N2O5/c1-3-18-5-7-20(8-6-18)29-16-19(15-25(29)31)28(34)35-22-11-9-21(10-12-22)30-26(32)23-13-4-17(2)14-24(23)27(30)33/h5-12,17,19,23-24H,3-4,13-16H2,1-2H3/t17-,19+,23+,24+/m0/s1. The SMILES string of the molecule is CCc1ccc(N2C[C@H](C(=O)Oc3ccc(N4C(=O)[C@@H]5CC[C@H](C)C[C@H]5C4=O)cc3)CC2=O)cc1. The zero-order chi connectivity index (χ0) is 24.7. The van der Waals surface area contributed by atoms with Gasteiger partial charge in [0.05, 0.1) is 23.4 Å². The smallest absolute Gasteiger partial charge is 0.316 e. The number of esters is 1. The Hall–Kier alpha value is -3.48. The molecule has 2 heterocycles. The number of anilines is 2. The van der Waals surface area contributed by atoms with Crippen LogP contribution in [0.5, 0.6) is 5.75 Å². The highest BCUT2D eigenvalue weighted by molar-refractivity contribution is 6.22. The van der Waals surface area contributed by atoms with Gasteiger partial charge in [0.15, 0.2) is 0 Å². The van der Waals surface area contributed by atoms with Crippen molar-refractivity contribution < 1.29 is 23.9 Å². The monoisotopic (exact) mass is 474 g/mol. The van der Waals surface area contributed by atoms with Gasteiger partial charge >= 0.3 is 5.97 Å². The molecule has 7 nitrogen and oxygen atoms in total. The molecule has 3 amide bonds. The number of hydrogen-bond acceptors (Lipinski definition) is 5. The lowest BCUT2D eigenvalue weighted by Crippen LogP contribution is -2.30. The summed E-state index contributed by atoms with van der Waals surface area (Å²) < 4.78 is 5.54. The van der Waals surface area contributed by atoms with Gasteiger partial charge in [-0.3, -0.25) is 24.1 Å². The van der Waals surface area contributed by atoms with Gasteiger partial charge < -0.3 is 9.64 Å². The molecule has 0 N–H and O–H groups in total. The molecule has 0 spiro atoms. The first-order valence-electron chi connectivity index (χ1n) is 12.4. The van der Waals surface area contributed by atoms with Crippen molar-refractivity contribution >= 4 is 35.1 Å². The number of nitrogens with zero attached hydrogens (tertiary/aromatic N) is 2. The van der Waals surface area contributed by atoms with E-state index in [0.717, 1.165) is 31.4 Å². The molecule has 1 saturated carbocycles. The van der Waals surface area contributed by atoms with E-state index < -0.39 is 11.9 Å². The predicted octanol–water partition coefficient (Wildman–Crippen LogP) is 4.13. The van der Waals surface area contributed by atoms with Gasteiger partial charge in [-0.2, -0.15) is 0 Å². The lowest BCUT2D eigenvalue weighted by atomic mass is 9.76. The van der Waals surface area contributed by atoms with Crippen molar-refractivity contribution in [3.05, 3.63) is 54.1 Å². The number of carbonyl (C=O) groups excluding carboxylic acids is 4. The van der Waals surface area contributed by atoms with E-state index >= 15 is 0 Å². The maximum Gasteiger partial charge on any atom is 0.316 e. The Morgan fingerprint density at radius 2 is 1.57 bits per heavy atom. The molecule has 3 fully saturated rings. The predicted molar refractivity (Wildman–Crippen MR) is 131 cm³/mol. The van der Waals surface area contributed by atoms with Gasteiger partial charge in [0.1, 0.15) is 5.75 Å². The Balaban J connectivity index is 1.23. The minimum atomic E-state index is -0.556.